The third-order valence-electron chi connectivity index (χ3n) is 8.77. The van der Waals surface area contributed by atoms with Crippen LogP contribution in [0.3, 0.4) is 0 Å². The lowest BCUT2D eigenvalue weighted by Crippen LogP contribution is -2.51. The van der Waals surface area contributed by atoms with Crippen LogP contribution in [0.4, 0.5) is 14.6 Å². The number of rotatable bonds is 5. The Morgan fingerprint density at radius 1 is 1.07 bits per heavy atom. The summed E-state index contributed by atoms with van der Waals surface area (Å²) in [6, 6.07) is 5.97. The summed E-state index contributed by atoms with van der Waals surface area (Å²) in [4.78, 5) is 17.6. The molecule has 0 amide bonds. The Hall–Kier alpha value is -4.27. The van der Waals surface area contributed by atoms with E-state index in [1.807, 2.05) is 11.9 Å². The van der Waals surface area contributed by atoms with Crippen molar-refractivity contribution in [3.05, 3.63) is 41.5 Å². The highest BCUT2D eigenvalue weighted by molar-refractivity contribution is 6.04. The molecule has 3 aliphatic rings. The standard InChI is InChI=1S/C31H30F2N6O3/c1-3-21-23(32)9-6-16-11-20(40)12-22(24(16)21)27-26(33)28-25(30(41)35-27)29(39-13-17-7-8-18(14-39)34-17)37-31(36-28)42-15-19-5-4-10-38(19)2/h1,6,9,11-12,17-19,34,40H,4-5,7-8,10,13-15H2,2H3,(H,35,41)/t17?,18?,19-/m0/s1. The maximum absolute atomic E-state index is 16.6. The molecule has 11 heteroatoms. The molecule has 0 spiro atoms. The molecule has 3 atom stereocenters. The molecule has 216 valence electrons. The second kappa shape index (κ2) is 10.2. The van der Waals surface area contributed by atoms with E-state index in [0.717, 1.165) is 32.2 Å². The smallest absolute Gasteiger partial charge is 0.319 e. The van der Waals surface area contributed by atoms with Crippen molar-refractivity contribution in [3.8, 4) is 41.2 Å². The van der Waals surface area contributed by atoms with Crippen molar-refractivity contribution < 1.29 is 23.7 Å². The van der Waals surface area contributed by atoms with Gasteiger partial charge in [0.15, 0.2) is 5.82 Å². The van der Waals surface area contributed by atoms with Crippen LogP contribution in [0.2, 0.25) is 0 Å². The monoisotopic (exact) mass is 572 g/mol. The maximum Gasteiger partial charge on any atom is 0.319 e. The first-order valence-corrected chi connectivity index (χ1v) is 14.2. The van der Waals surface area contributed by atoms with Crippen molar-refractivity contribution in [2.75, 3.05) is 38.2 Å². The topological polar surface area (TPSA) is 107 Å². The van der Waals surface area contributed by atoms with Crippen molar-refractivity contribution in [2.45, 2.75) is 43.8 Å². The number of aromatic hydroxyl groups is 2. The molecule has 0 saturated carbocycles. The van der Waals surface area contributed by atoms with Crippen LogP contribution in [-0.4, -0.2) is 81.5 Å². The quantitative estimate of drug-likeness (QED) is 0.307. The maximum atomic E-state index is 16.6. The molecule has 7 rings (SSSR count). The summed E-state index contributed by atoms with van der Waals surface area (Å²) >= 11 is 0. The third kappa shape index (κ3) is 4.42. The van der Waals surface area contributed by atoms with E-state index >= 15 is 4.39 Å². The predicted molar refractivity (Wildman–Crippen MR) is 155 cm³/mol. The minimum absolute atomic E-state index is 0.00439. The van der Waals surface area contributed by atoms with Crippen LogP contribution < -0.4 is 15.0 Å². The van der Waals surface area contributed by atoms with Crippen molar-refractivity contribution >= 4 is 27.5 Å². The number of likely N-dealkylation sites (tertiary alicyclic amines) is 1. The Balaban J connectivity index is 1.43. The Morgan fingerprint density at radius 3 is 2.57 bits per heavy atom. The SMILES string of the molecule is C#Cc1c(F)ccc2cc(O)cc(-c3nc(O)c4c(N5CC6CCC(C5)N6)nc(OC[C@@H]5CCCN5C)nc4c3F)c12. The van der Waals surface area contributed by atoms with Gasteiger partial charge in [0.2, 0.25) is 5.88 Å². The third-order valence-corrected chi connectivity index (χ3v) is 8.77. The first-order chi connectivity index (χ1) is 20.3. The van der Waals surface area contributed by atoms with Gasteiger partial charge >= 0.3 is 6.01 Å². The van der Waals surface area contributed by atoms with Crippen molar-refractivity contribution in [2.24, 2.45) is 0 Å². The fourth-order valence-corrected chi connectivity index (χ4v) is 6.67. The van der Waals surface area contributed by atoms with E-state index in [9.17, 15) is 14.6 Å². The number of pyridine rings is 1. The number of benzene rings is 2. The number of anilines is 1. The fraction of sp³-hybridized carbons (Fsp3) is 0.387. The van der Waals surface area contributed by atoms with Crippen molar-refractivity contribution in [3.63, 3.8) is 0 Å². The fourth-order valence-electron chi connectivity index (χ4n) is 6.67. The van der Waals surface area contributed by atoms with Crippen molar-refractivity contribution in [1.82, 2.24) is 25.2 Å². The average Bonchev–Trinajstić information content (AvgIpc) is 3.55. The summed E-state index contributed by atoms with van der Waals surface area (Å²) in [5.74, 6) is 0.451. The normalized spacial score (nSPS) is 22.2. The average molecular weight is 573 g/mol. The molecule has 0 aliphatic carbocycles. The number of nitrogens with one attached hydrogen (secondary N) is 1. The first kappa shape index (κ1) is 26.6. The molecule has 9 nitrogen and oxygen atoms in total. The highest BCUT2D eigenvalue weighted by Crippen LogP contribution is 2.42. The summed E-state index contributed by atoms with van der Waals surface area (Å²) in [5, 5.41) is 26.0. The number of phenols is 1. The van der Waals surface area contributed by atoms with Crippen LogP contribution in [0.1, 0.15) is 31.2 Å². The van der Waals surface area contributed by atoms with Gasteiger partial charge in [-0.05, 0) is 62.9 Å². The number of fused-ring (bicyclic) bond motifs is 4. The zero-order valence-corrected chi connectivity index (χ0v) is 23.1. The van der Waals surface area contributed by atoms with Crippen LogP contribution in [-0.2, 0) is 0 Å². The van der Waals surface area contributed by atoms with E-state index in [2.05, 4.69) is 31.1 Å². The number of terminal acetylenes is 1. The molecule has 2 aromatic heterocycles. The van der Waals surface area contributed by atoms with Gasteiger partial charge in [0, 0.05) is 42.2 Å². The molecule has 3 saturated heterocycles. The van der Waals surface area contributed by atoms with E-state index in [1.54, 1.807) is 0 Å². The number of aromatic nitrogens is 3. The van der Waals surface area contributed by atoms with E-state index in [0.29, 0.717) is 30.9 Å². The molecular formula is C31H30F2N6O3. The molecule has 2 aromatic carbocycles. The number of nitrogens with zero attached hydrogens (tertiary/aromatic N) is 5. The molecule has 4 aromatic rings. The van der Waals surface area contributed by atoms with Crippen LogP contribution in [0, 0.1) is 24.0 Å². The zero-order valence-electron chi connectivity index (χ0n) is 23.1. The Kier molecular flexibility index (Phi) is 6.48. The minimum Gasteiger partial charge on any atom is -0.508 e. The molecule has 0 radical (unpaired) electrons. The van der Waals surface area contributed by atoms with Gasteiger partial charge in [0.25, 0.3) is 0 Å². The van der Waals surface area contributed by atoms with E-state index in [1.165, 1.54) is 24.3 Å². The summed E-state index contributed by atoms with van der Waals surface area (Å²) < 4.78 is 37.5. The Morgan fingerprint density at radius 2 is 1.86 bits per heavy atom. The number of hydrogen-bond donors (Lipinski definition) is 3. The lowest BCUT2D eigenvalue weighted by Gasteiger charge is -2.34. The number of piperazine rings is 1. The van der Waals surface area contributed by atoms with Crippen LogP contribution in [0.25, 0.3) is 32.9 Å². The molecule has 5 heterocycles. The lowest BCUT2D eigenvalue weighted by atomic mass is 9.95. The highest BCUT2D eigenvalue weighted by atomic mass is 19.1. The number of halogens is 2. The number of ether oxygens (including phenoxy) is 1. The summed E-state index contributed by atoms with van der Waals surface area (Å²) in [7, 11) is 2.03. The molecular weight excluding hydrogens is 542 g/mol. The predicted octanol–water partition coefficient (Wildman–Crippen LogP) is 3.93. The van der Waals surface area contributed by atoms with Crippen LogP contribution >= 0.6 is 0 Å². The van der Waals surface area contributed by atoms with Gasteiger partial charge < -0.3 is 30.1 Å². The second-order valence-corrected chi connectivity index (χ2v) is 11.4. The van der Waals surface area contributed by atoms with Crippen LogP contribution in [0.15, 0.2) is 24.3 Å². The van der Waals surface area contributed by atoms with Gasteiger partial charge in [-0.2, -0.15) is 9.97 Å². The van der Waals surface area contributed by atoms with E-state index in [4.69, 9.17) is 11.2 Å². The molecule has 3 fully saturated rings. The zero-order chi connectivity index (χ0) is 29.1. The van der Waals surface area contributed by atoms with Gasteiger partial charge in [0.1, 0.15) is 40.6 Å². The highest BCUT2D eigenvalue weighted by Gasteiger charge is 2.35. The largest absolute Gasteiger partial charge is 0.508 e. The number of likely N-dealkylation sites (N-methyl/N-ethyl adjacent to an activating group) is 1. The van der Waals surface area contributed by atoms with Crippen molar-refractivity contribution in [1.29, 1.82) is 0 Å². The van der Waals surface area contributed by atoms with Crippen LogP contribution in [0.5, 0.6) is 17.6 Å². The molecule has 2 unspecified atom stereocenters. The van der Waals surface area contributed by atoms with Gasteiger partial charge in [0.05, 0.1) is 5.56 Å². The second-order valence-electron chi connectivity index (χ2n) is 11.4. The molecule has 3 N–H and O–H groups in total. The lowest BCUT2D eigenvalue weighted by molar-refractivity contribution is 0.188. The number of phenolic OH excluding ortho intramolecular Hbond substituents is 1. The van der Waals surface area contributed by atoms with E-state index in [-0.39, 0.29) is 63.0 Å². The van der Waals surface area contributed by atoms with Gasteiger partial charge in [-0.15, -0.1) is 6.42 Å². The first-order valence-electron chi connectivity index (χ1n) is 14.2. The summed E-state index contributed by atoms with van der Waals surface area (Å²) in [5.41, 5.74) is -0.581. The molecule has 3 aliphatic heterocycles. The Labute approximate surface area is 241 Å². The molecule has 2 bridgehead atoms. The summed E-state index contributed by atoms with van der Waals surface area (Å²) in [6.45, 7) is 2.55. The van der Waals surface area contributed by atoms with E-state index < -0.39 is 17.5 Å². The van der Waals surface area contributed by atoms with Gasteiger partial charge in [-0.25, -0.2) is 13.8 Å². The number of hydrogen-bond acceptors (Lipinski definition) is 9. The Bertz CT molecular complexity index is 1760. The van der Waals surface area contributed by atoms with Gasteiger partial charge in [-0.1, -0.05) is 12.0 Å². The minimum atomic E-state index is -0.869. The van der Waals surface area contributed by atoms with Gasteiger partial charge in [-0.3, -0.25) is 0 Å². The molecule has 42 heavy (non-hydrogen) atoms. The summed E-state index contributed by atoms with van der Waals surface area (Å²) in [6.07, 6.45) is 9.71.